The van der Waals surface area contributed by atoms with Gasteiger partial charge >= 0.3 is 0 Å². The van der Waals surface area contributed by atoms with E-state index in [1.807, 2.05) is 0 Å². The Labute approximate surface area is 101 Å². The summed E-state index contributed by atoms with van der Waals surface area (Å²) in [7, 11) is 4.28. The normalized spacial score (nSPS) is 27.4. The minimum atomic E-state index is 0.219. The summed E-state index contributed by atoms with van der Waals surface area (Å²) >= 11 is 0. The van der Waals surface area contributed by atoms with Gasteiger partial charge in [-0.15, -0.1) is 0 Å². The maximum absolute atomic E-state index is 5.84. The lowest BCUT2D eigenvalue weighted by molar-refractivity contribution is 0.166. The molecule has 1 fully saturated rings. The van der Waals surface area contributed by atoms with Crippen molar-refractivity contribution in [1.29, 1.82) is 0 Å². The van der Waals surface area contributed by atoms with Gasteiger partial charge in [-0.25, -0.2) is 0 Å². The lowest BCUT2D eigenvalue weighted by Gasteiger charge is -2.38. The van der Waals surface area contributed by atoms with Gasteiger partial charge in [-0.05, 0) is 53.2 Å². The molecule has 3 N–H and O–H groups in total. The van der Waals surface area contributed by atoms with E-state index in [9.17, 15) is 0 Å². The summed E-state index contributed by atoms with van der Waals surface area (Å²) in [5.74, 6) is 0.687. The molecule has 0 bridgehead atoms. The summed E-state index contributed by atoms with van der Waals surface area (Å²) in [5.41, 5.74) is 6.06. The van der Waals surface area contributed by atoms with Crippen molar-refractivity contribution in [3.05, 3.63) is 0 Å². The van der Waals surface area contributed by atoms with Gasteiger partial charge in [-0.3, -0.25) is 0 Å². The molecule has 0 aromatic heterocycles. The van der Waals surface area contributed by atoms with E-state index < -0.39 is 0 Å². The molecular weight excluding hydrogens is 198 g/mol. The molecular formula is C13H29N3. The fraction of sp³-hybridized carbons (Fsp3) is 1.00. The zero-order valence-electron chi connectivity index (χ0n) is 11.4. The molecule has 0 saturated heterocycles. The number of nitrogens with zero attached hydrogens (tertiary/aromatic N) is 1. The third-order valence-corrected chi connectivity index (χ3v) is 4.22. The molecule has 3 nitrogen and oxygen atoms in total. The van der Waals surface area contributed by atoms with E-state index in [2.05, 4.69) is 38.2 Å². The van der Waals surface area contributed by atoms with Crippen LogP contribution in [0.15, 0.2) is 0 Å². The van der Waals surface area contributed by atoms with Gasteiger partial charge in [0, 0.05) is 18.1 Å². The zero-order chi connectivity index (χ0) is 12.2. The van der Waals surface area contributed by atoms with Crippen molar-refractivity contribution in [2.75, 3.05) is 27.2 Å². The Bertz CT molecular complexity index is 201. The number of nitrogens with two attached hydrogens (primary N) is 1. The lowest BCUT2D eigenvalue weighted by Crippen LogP contribution is -2.52. The van der Waals surface area contributed by atoms with Crippen LogP contribution >= 0.6 is 0 Å². The second kappa shape index (κ2) is 5.99. The Morgan fingerprint density at radius 3 is 2.44 bits per heavy atom. The first-order valence-corrected chi connectivity index (χ1v) is 6.58. The highest BCUT2D eigenvalue weighted by Gasteiger charge is 2.27. The maximum atomic E-state index is 5.84. The van der Waals surface area contributed by atoms with Crippen LogP contribution in [0.4, 0.5) is 0 Å². The van der Waals surface area contributed by atoms with Gasteiger partial charge in [0.25, 0.3) is 0 Å². The topological polar surface area (TPSA) is 41.3 Å². The van der Waals surface area contributed by atoms with Crippen LogP contribution in [0.1, 0.15) is 39.5 Å². The van der Waals surface area contributed by atoms with Crippen LogP contribution in [-0.2, 0) is 0 Å². The molecule has 1 rings (SSSR count). The van der Waals surface area contributed by atoms with Crippen LogP contribution in [0.2, 0.25) is 0 Å². The van der Waals surface area contributed by atoms with Crippen LogP contribution in [0.5, 0.6) is 0 Å². The zero-order valence-corrected chi connectivity index (χ0v) is 11.4. The summed E-state index contributed by atoms with van der Waals surface area (Å²) in [6.45, 7) is 6.43. The Kier molecular flexibility index (Phi) is 5.22. The van der Waals surface area contributed by atoms with Gasteiger partial charge in [0.05, 0.1) is 0 Å². The molecule has 0 heterocycles. The fourth-order valence-corrected chi connectivity index (χ4v) is 2.30. The van der Waals surface area contributed by atoms with E-state index in [-0.39, 0.29) is 5.54 Å². The number of hydrogen-bond acceptors (Lipinski definition) is 3. The number of hydrogen-bond donors (Lipinski definition) is 2. The SMILES string of the molecule is CN(C)C(C)(C)CNC1CCCCC1CN. The van der Waals surface area contributed by atoms with Gasteiger partial charge in [0.1, 0.15) is 0 Å². The van der Waals surface area contributed by atoms with E-state index in [1.165, 1.54) is 25.7 Å². The minimum Gasteiger partial charge on any atom is -0.330 e. The molecule has 1 saturated carbocycles. The van der Waals surface area contributed by atoms with Crippen molar-refractivity contribution in [2.45, 2.75) is 51.1 Å². The maximum Gasteiger partial charge on any atom is 0.0271 e. The van der Waals surface area contributed by atoms with Crippen molar-refractivity contribution in [3.63, 3.8) is 0 Å². The van der Waals surface area contributed by atoms with Gasteiger partial charge in [-0.1, -0.05) is 12.8 Å². The average molecular weight is 227 g/mol. The van der Waals surface area contributed by atoms with Crippen molar-refractivity contribution in [3.8, 4) is 0 Å². The van der Waals surface area contributed by atoms with Crippen LogP contribution in [0.3, 0.4) is 0 Å². The molecule has 1 aliphatic carbocycles. The van der Waals surface area contributed by atoms with E-state index in [0.29, 0.717) is 12.0 Å². The summed E-state index contributed by atoms with van der Waals surface area (Å²) in [5, 5.41) is 3.72. The molecule has 0 amide bonds. The highest BCUT2D eigenvalue weighted by Crippen LogP contribution is 2.24. The van der Waals surface area contributed by atoms with Crippen LogP contribution in [0.25, 0.3) is 0 Å². The molecule has 96 valence electrons. The van der Waals surface area contributed by atoms with Crippen molar-refractivity contribution >= 4 is 0 Å². The molecule has 0 radical (unpaired) electrons. The van der Waals surface area contributed by atoms with Crippen LogP contribution in [-0.4, -0.2) is 43.7 Å². The molecule has 0 aromatic rings. The third-order valence-electron chi connectivity index (χ3n) is 4.22. The van der Waals surface area contributed by atoms with E-state index >= 15 is 0 Å². The highest BCUT2D eigenvalue weighted by molar-refractivity contribution is 4.86. The van der Waals surface area contributed by atoms with Crippen molar-refractivity contribution in [1.82, 2.24) is 10.2 Å². The van der Waals surface area contributed by atoms with Gasteiger partial charge in [-0.2, -0.15) is 0 Å². The first kappa shape index (κ1) is 13.9. The van der Waals surface area contributed by atoms with Crippen LogP contribution in [0, 0.1) is 5.92 Å². The predicted molar refractivity (Wildman–Crippen MR) is 70.6 cm³/mol. The highest BCUT2D eigenvalue weighted by atomic mass is 15.2. The Morgan fingerprint density at radius 1 is 1.25 bits per heavy atom. The minimum absolute atomic E-state index is 0.219. The van der Waals surface area contributed by atoms with Gasteiger partial charge in [0.2, 0.25) is 0 Å². The molecule has 2 unspecified atom stereocenters. The Morgan fingerprint density at radius 2 is 1.88 bits per heavy atom. The second-order valence-corrected chi connectivity index (χ2v) is 5.97. The third kappa shape index (κ3) is 3.72. The lowest BCUT2D eigenvalue weighted by atomic mass is 9.84. The van der Waals surface area contributed by atoms with Gasteiger partial charge in [0.15, 0.2) is 0 Å². The van der Waals surface area contributed by atoms with E-state index in [4.69, 9.17) is 5.73 Å². The van der Waals surface area contributed by atoms with Crippen LogP contribution < -0.4 is 11.1 Å². The number of nitrogens with one attached hydrogen (secondary N) is 1. The molecule has 2 atom stereocenters. The van der Waals surface area contributed by atoms with Gasteiger partial charge < -0.3 is 16.0 Å². The Hall–Kier alpha value is -0.120. The average Bonchev–Trinajstić information content (AvgIpc) is 2.26. The molecule has 0 spiro atoms. The molecule has 16 heavy (non-hydrogen) atoms. The summed E-state index contributed by atoms with van der Waals surface area (Å²) in [4.78, 5) is 2.28. The molecule has 1 aliphatic rings. The Balaban J connectivity index is 2.40. The summed E-state index contributed by atoms with van der Waals surface area (Å²) in [6.07, 6.45) is 5.32. The molecule has 0 aliphatic heterocycles. The predicted octanol–water partition coefficient (Wildman–Crippen LogP) is 1.43. The first-order chi connectivity index (χ1) is 7.47. The number of likely N-dealkylation sites (N-methyl/N-ethyl adjacent to an activating group) is 1. The standard InChI is InChI=1S/C13H29N3/c1-13(2,16(3)4)10-15-12-8-6-5-7-11(12)9-14/h11-12,15H,5-10,14H2,1-4H3. The second-order valence-electron chi connectivity index (χ2n) is 5.97. The van der Waals surface area contributed by atoms with E-state index in [1.54, 1.807) is 0 Å². The molecule has 0 aromatic carbocycles. The molecule has 3 heteroatoms. The van der Waals surface area contributed by atoms with E-state index in [0.717, 1.165) is 13.1 Å². The monoisotopic (exact) mass is 227 g/mol. The quantitative estimate of drug-likeness (QED) is 0.746. The largest absolute Gasteiger partial charge is 0.330 e. The van der Waals surface area contributed by atoms with Crippen molar-refractivity contribution in [2.24, 2.45) is 11.7 Å². The van der Waals surface area contributed by atoms with Crippen molar-refractivity contribution < 1.29 is 0 Å². The summed E-state index contributed by atoms with van der Waals surface area (Å²) < 4.78 is 0. The fourth-order valence-electron chi connectivity index (χ4n) is 2.30. The first-order valence-electron chi connectivity index (χ1n) is 6.58. The smallest absolute Gasteiger partial charge is 0.0271 e. The summed E-state index contributed by atoms with van der Waals surface area (Å²) in [6, 6.07) is 0.637. The number of rotatable bonds is 5.